The Morgan fingerprint density at radius 1 is 1.05 bits per heavy atom. The molecule has 0 heterocycles. The average molecular weight is 557 g/mol. The average Bonchev–Trinajstić information content (AvgIpc) is 3.01. The molecule has 2 amide bonds. The number of aliphatic hydroxyl groups excluding tert-OH is 1. The summed E-state index contributed by atoms with van der Waals surface area (Å²) in [6, 6.07) is 6.60. The van der Waals surface area contributed by atoms with Crippen LogP contribution in [0, 0.1) is 23.5 Å². The van der Waals surface area contributed by atoms with E-state index in [4.69, 9.17) is 16.7 Å². The number of amides is 2. The third kappa shape index (κ3) is 5.50. The lowest BCUT2D eigenvalue weighted by Gasteiger charge is -2.42. The highest BCUT2D eigenvalue weighted by Crippen LogP contribution is 2.53. The predicted molar refractivity (Wildman–Crippen MR) is 132 cm³/mol. The van der Waals surface area contributed by atoms with E-state index in [-0.39, 0.29) is 53.6 Å². The van der Waals surface area contributed by atoms with Gasteiger partial charge in [-0.25, -0.2) is 17.2 Å². The zero-order chi connectivity index (χ0) is 27.0. The van der Waals surface area contributed by atoms with Crippen molar-refractivity contribution in [2.75, 3.05) is 18.5 Å². The maximum absolute atomic E-state index is 13.6. The molecule has 0 aliphatic heterocycles. The zero-order valence-corrected chi connectivity index (χ0v) is 21.3. The Balaban J connectivity index is 1.53. The molecule has 2 bridgehead atoms. The highest BCUT2D eigenvalue weighted by molar-refractivity contribution is 7.92. The maximum Gasteiger partial charge on any atom is 0.255 e. The fourth-order valence-corrected chi connectivity index (χ4v) is 7.89. The molecule has 4 atom stereocenters. The molecule has 4 N–H and O–H groups in total. The van der Waals surface area contributed by atoms with E-state index >= 15 is 0 Å². The van der Waals surface area contributed by atoms with Crippen LogP contribution in [0.4, 0.5) is 14.5 Å². The Morgan fingerprint density at radius 3 is 2.35 bits per heavy atom. The van der Waals surface area contributed by atoms with Gasteiger partial charge in [0.15, 0.2) is 21.5 Å². The molecule has 0 spiro atoms. The van der Waals surface area contributed by atoms with Gasteiger partial charge >= 0.3 is 0 Å². The summed E-state index contributed by atoms with van der Waals surface area (Å²) >= 11 is 6.24. The van der Waals surface area contributed by atoms with E-state index < -0.39 is 56.0 Å². The van der Waals surface area contributed by atoms with Crippen LogP contribution in [0.15, 0.2) is 41.3 Å². The highest BCUT2D eigenvalue weighted by atomic mass is 35.5. The van der Waals surface area contributed by atoms with Crippen LogP contribution in [-0.4, -0.2) is 54.4 Å². The summed E-state index contributed by atoms with van der Waals surface area (Å²) < 4.78 is 53.9. The van der Waals surface area contributed by atoms with Gasteiger partial charge < -0.3 is 20.8 Å². The van der Waals surface area contributed by atoms with Gasteiger partial charge in [0.1, 0.15) is 0 Å². The van der Waals surface area contributed by atoms with Gasteiger partial charge in [0, 0.05) is 23.9 Å². The number of sulfone groups is 1. The summed E-state index contributed by atoms with van der Waals surface area (Å²) in [6.07, 6.45) is 1.24. The van der Waals surface area contributed by atoms with Crippen molar-refractivity contribution < 1.29 is 37.0 Å². The van der Waals surface area contributed by atoms with E-state index in [1.807, 2.05) is 0 Å². The van der Waals surface area contributed by atoms with E-state index in [1.165, 1.54) is 18.2 Å². The first-order valence-electron chi connectivity index (χ1n) is 11.9. The molecule has 0 saturated heterocycles. The lowest BCUT2D eigenvalue weighted by atomic mass is 9.72. The van der Waals surface area contributed by atoms with Crippen molar-refractivity contribution in [1.29, 1.82) is 0 Å². The summed E-state index contributed by atoms with van der Waals surface area (Å²) in [5.41, 5.74) is -1.38. The first kappa shape index (κ1) is 27.4. The lowest BCUT2D eigenvalue weighted by molar-refractivity contribution is -0.132. The van der Waals surface area contributed by atoms with E-state index in [9.17, 15) is 31.9 Å². The zero-order valence-electron chi connectivity index (χ0n) is 19.7. The van der Waals surface area contributed by atoms with Crippen LogP contribution in [0.5, 0.6) is 0 Å². The van der Waals surface area contributed by atoms with Crippen molar-refractivity contribution >= 4 is 38.9 Å². The Bertz CT molecular complexity index is 1310. The van der Waals surface area contributed by atoms with Gasteiger partial charge in [0.25, 0.3) is 5.91 Å². The topological polar surface area (TPSA) is 133 Å². The van der Waals surface area contributed by atoms with Crippen molar-refractivity contribution in [3.05, 3.63) is 58.6 Å². The number of carbonyl (C=O) groups excluding carboxylic acids is 2. The van der Waals surface area contributed by atoms with E-state index in [0.717, 1.165) is 18.2 Å². The first-order valence-corrected chi connectivity index (χ1v) is 13.8. The number of hydrogen-bond donors (Lipinski definition) is 4. The Morgan fingerprint density at radius 2 is 1.73 bits per heavy atom. The lowest BCUT2D eigenvalue weighted by Crippen LogP contribution is -2.50. The second-order valence-electron chi connectivity index (χ2n) is 9.58. The number of anilines is 1. The molecule has 0 radical (unpaired) electrons. The van der Waals surface area contributed by atoms with Gasteiger partial charge in [0.2, 0.25) is 5.91 Å². The van der Waals surface area contributed by atoms with Gasteiger partial charge in [-0.15, -0.1) is 0 Å². The van der Waals surface area contributed by atoms with Gasteiger partial charge in [-0.2, -0.15) is 0 Å². The van der Waals surface area contributed by atoms with Crippen molar-refractivity contribution in [2.45, 2.75) is 47.9 Å². The number of nitrogens with one attached hydrogen (secondary N) is 2. The summed E-state index contributed by atoms with van der Waals surface area (Å²) in [7, 11) is -4.02. The van der Waals surface area contributed by atoms with Crippen molar-refractivity contribution in [3.8, 4) is 0 Å². The number of aliphatic hydroxyl groups is 2. The molecule has 0 aromatic heterocycles. The molecule has 1 unspecified atom stereocenters. The van der Waals surface area contributed by atoms with Crippen LogP contribution in [0.2, 0.25) is 5.02 Å². The van der Waals surface area contributed by atoms with Gasteiger partial charge in [0.05, 0.1) is 33.8 Å². The minimum atomic E-state index is -4.02. The normalized spacial score (nSPS) is 25.1. The summed E-state index contributed by atoms with van der Waals surface area (Å²) in [6.45, 7) is -0.157. The second kappa shape index (κ2) is 10.6. The van der Waals surface area contributed by atoms with Crippen molar-refractivity contribution in [2.24, 2.45) is 11.8 Å². The highest BCUT2D eigenvalue weighted by Gasteiger charge is 2.56. The number of carbonyl (C=O) groups is 2. The van der Waals surface area contributed by atoms with Crippen LogP contribution < -0.4 is 10.6 Å². The van der Waals surface area contributed by atoms with Crippen LogP contribution in [-0.2, 0) is 14.6 Å². The molecule has 4 rings (SSSR count). The largest absolute Gasteiger partial charge is 0.395 e. The molecule has 2 saturated carbocycles. The Labute approximate surface area is 217 Å². The summed E-state index contributed by atoms with van der Waals surface area (Å²) in [5, 5.41) is 24.2. The van der Waals surface area contributed by atoms with Crippen molar-refractivity contribution in [3.63, 3.8) is 0 Å². The third-order valence-electron chi connectivity index (χ3n) is 7.37. The van der Waals surface area contributed by atoms with Crippen LogP contribution in [0.3, 0.4) is 0 Å². The number of hydrogen-bond acceptors (Lipinski definition) is 6. The first-order chi connectivity index (χ1) is 17.5. The quantitative estimate of drug-likeness (QED) is 0.395. The molecular weight excluding hydrogens is 530 g/mol. The fourth-order valence-electron chi connectivity index (χ4n) is 5.49. The minimum Gasteiger partial charge on any atom is -0.395 e. The molecule has 37 heavy (non-hydrogen) atoms. The standard InChI is InChI=1S/C25H27ClF2N2O6S/c26-19-5-1-14(24(33)30-17-4-6-20(27)21(28)12-17)9-22(19)37(35,36)18-10-15-2-3-16(11-18)25(15,34)13-23(32)29-7-8-31/h1,4-6,9,12,15-16,18,31,34H,2-3,7-8,10-11,13H2,(H,29,32)(H,30,33)/t15-,16?,18-,25-/m0/s1. The van der Waals surface area contributed by atoms with Gasteiger partial charge in [-0.1, -0.05) is 11.6 Å². The minimum absolute atomic E-state index is 0.00516. The monoisotopic (exact) mass is 556 g/mol. The summed E-state index contributed by atoms with van der Waals surface area (Å²) in [4.78, 5) is 24.7. The third-order valence-corrected chi connectivity index (χ3v) is 10.0. The molecule has 8 nitrogen and oxygen atoms in total. The van der Waals surface area contributed by atoms with E-state index in [0.29, 0.717) is 12.8 Å². The molecule has 2 fully saturated rings. The predicted octanol–water partition coefficient (Wildman–Crippen LogP) is 3.06. The van der Waals surface area contributed by atoms with E-state index in [2.05, 4.69) is 10.6 Å². The SMILES string of the molecule is O=C(C[C@@]1(O)C2CC[C@H]1C[C@H](S(=O)(=O)c1cc(C(=O)Nc3ccc(F)c(F)c3)ccc1Cl)C2)NCCO. The summed E-state index contributed by atoms with van der Waals surface area (Å²) in [5.74, 6) is -4.18. The maximum atomic E-state index is 13.6. The molecule has 2 aliphatic carbocycles. The molecule has 2 aliphatic rings. The van der Waals surface area contributed by atoms with Crippen LogP contribution in [0.25, 0.3) is 0 Å². The molecule has 2 aromatic rings. The molecule has 2 aromatic carbocycles. The second-order valence-corrected chi connectivity index (χ2v) is 12.2. The fraction of sp³-hybridized carbons (Fsp3) is 0.440. The van der Waals surface area contributed by atoms with Crippen molar-refractivity contribution in [1.82, 2.24) is 5.32 Å². The molecule has 200 valence electrons. The Hall–Kier alpha value is -2.60. The number of fused-ring (bicyclic) bond motifs is 2. The number of halogens is 3. The number of rotatable bonds is 8. The van der Waals surface area contributed by atoms with Gasteiger partial charge in [-0.3, -0.25) is 9.59 Å². The van der Waals surface area contributed by atoms with E-state index in [1.54, 1.807) is 0 Å². The van der Waals surface area contributed by atoms with Gasteiger partial charge in [-0.05, 0) is 67.9 Å². The number of benzene rings is 2. The molecular formula is C25H27ClF2N2O6S. The van der Waals surface area contributed by atoms with Crippen LogP contribution >= 0.6 is 11.6 Å². The smallest absolute Gasteiger partial charge is 0.255 e. The molecule has 12 heteroatoms. The Kier molecular flexibility index (Phi) is 7.89. The van der Waals surface area contributed by atoms with Crippen LogP contribution in [0.1, 0.15) is 42.5 Å².